The standard InChI is InChI=1S/C20H22N2O5/c1-14(20(25)26)22(11-15-6-3-2-4-7-15)19(24)16-10-18(23)21(12-16)13-17-8-5-9-27-17/h2-9,14,16H,10-13H2,1H3,(H,25,26). The van der Waals surface area contributed by atoms with Crippen LogP contribution < -0.4 is 0 Å². The molecule has 142 valence electrons. The van der Waals surface area contributed by atoms with Crippen molar-refractivity contribution in [2.24, 2.45) is 5.92 Å². The van der Waals surface area contributed by atoms with Gasteiger partial charge in [0, 0.05) is 19.5 Å². The highest BCUT2D eigenvalue weighted by Gasteiger charge is 2.39. The van der Waals surface area contributed by atoms with Crippen LogP contribution in [0.3, 0.4) is 0 Å². The number of nitrogens with zero attached hydrogens (tertiary/aromatic N) is 2. The van der Waals surface area contributed by atoms with E-state index in [1.807, 2.05) is 30.3 Å². The van der Waals surface area contributed by atoms with Gasteiger partial charge in [0.25, 0.3) is 0 Å². The Bertz CT molecular complexity index is 803. The molecule has 0 aliphatic carbocycles. The van der Waals surface area contributed by atoms with E-state index in [0.29, 0.717) is 12.3 Å². The summed E-state index contributed by atoms with van der Waals surface area (Å²) >= 11 is 0. The van der Waals surface area contributed by atoms with Gasteiger partial charge in [-0.15, -0.1) is 0 Å². The number of hydrogen-bond acceptors (Lipinski definition) is 4. The third kappa shape index (κ3) is 4.36. The number of aliphatic carboxylic acids is 1. The number of carboxylic acid groups (broad SMARTS) is 1. The molecule has 2 aromatic rings. The fourth-order valence-corrected chi connectivity index (χ4v) is 3.23. The van der Waals surface area contributed by atoms with Gasteiger partial charge in [0.15, 0.2) is 0 Å². The average Bonchev–Trinajstić information content (AvgIpc) is 3.30. The number of likely N-dealkylation sites (tertiary alicyclic amines) is 1. The molecule has 2 amide bonds. The van der Waals surface area contributed by atoms with Gasteiger partial charge in [0.2, 0.25) is 11.8 Å². The van der Waals surface area contributed by atoms with E-state index in [2.05, 4.69) is 0 Å². The maximum absolute atomic E-state index is 13.0. The number of carboxylic acids is 1. The zero-order valence-corrected chi connectivity index (χ0v) is 15.1. The van der Waals surface area contributed by atoms with Crippen molar-refractivity contribution in [2.45, 2.75) is 32.5 Å². The van der Waals surface area contributed by atoms with Crippen molar-refractivity contribution >= 4 is 17.8 Å². The van der Waals surface area contributed by atoms with E-state index in [1.54, 1.807) is 17.0 Å². The van der Waals surface area contributed by atoms with Crippen molar-refractivity contribution in [1.29, 1.82) is 0 Å². The molecule has 1 aliphatic rings. The van der Waals surface area contributed by atoms with Crippen molar-refractivity contribution in [2.75, 3.05) is 6.54 Å². The first-order valence-corrected chi connectivity index (χ1v) is 8.83. The Morgan fingerprint density at radius 2 is 2.00 bits per heavy atom. The molecule has 1 N–H and O–H groups in total. The molecule has 1 fully saturated rings. The van der Waals surface area contributed by atoms with Crippen LogP contribution in [0.4, 0.5) is 0 Å². The maximum Gasteiger partial charge on any atom is 0.326 e. The number of rotatable bonds is 7. The van der Waals surface area contributed by atoms with Gasteiger partial charge in [0.05, 0.1) is 18.7 Å². The Labute approximate surface area is 157 Å². The van der Waals surface area contributed by atoms with E-state index in [-0.39, 0.29) is 31.3 Å². The van der Waals surface area contributed by atoms with Gasteiger partial charge in [-0.05, 0) is 24.6 Å². The molecular weight excluding hydrogens is 348 g/mol. The second-order valence-corrected chi connectivity index (χ2v) is 6.72. The fourth-order valence-electron chi connectivity index (χ4n) is 3.23. The Morgan fingerprint density at radius 3 is 2.63 bits per heavy atom. The predicted octanol–water partition coefficient (Wildman–Crippen LogP) is 2.13. The summed E-state index contributed by atoms with van der Waals surface area (Å²) in [5.74, 6) is -1.43. The lowest BCUT2D eigenvalue weighted by atomic mass is 10.0. The van der Waals surface area contributed by atoms with Crippen LogP contribution in [-0.2, 0) is 27.5 Å². The van der Waals surface area contributed by atoms with Gasteiger partial charge in [-0.2, -0.15) is 0 Å². The van der Waals surface area contributed by atoms with Crippen LogP contribution in [0.15, 0.2) is 53.1 Å². The van der Waals surface area contributed by atoms with E-state index in [4.69, 9.17) is 4.42 Å². The van der Waals surface area contributed by atoms with Crippen LogP contribution in [0.2, 0.25) is 0 Å². The Morgan fingerprint density at radius 1 is 1.26 bits per heavy atom. The molecule has 3 rings (SSSR count). The van der Waals surface area contributed by atoms with Gasteiger partial charge in [-0.25, -0.2) is 4.79 Å². The number of benzene rings is 1. The van der Waals surface area contributed by atoms with Crippen molar-refractivity contribution in [3.8, 4) is 0 Å². The van der Waals surface area contributed by atoms with Crippen LogP contribution in [0.25, 0.3) is 0 Å². The molecule has 27 heavy (non-hydrogen) atoms. The Hall–Kier alpha value is -3.09. The molecule has 2 heterocycles. The number of furan rings is 1. The molecule has 0 radical (unpaired) electrons. The van der Waals surface area contributed by atoms with Gasteiger partial charge >= 0.3 is 5.97 Å². The lowest BCUT2D eigenvalue weighted by Crippen LogP contribution is -2.46. The van der Waals surface area contributed by atoms with Crippen LogP contribution in [-0.4, -0.2) is 45.3 Å². The minimum atomic E-state index is -1.07. The first-order valence-electron chi connectivity index (χ1n) is 8.83. The highest BCUT2D eigenvalue weighted by atomic mass is 16.4. The molecule has 0 saturated carbocycles. The molecular formula is C20H22N2O5. The molecule has 0 bridgehead atoms. The van der Waals surface area contributed by atoms with Gasteiger partial charge in [-0.3, -0.25) is 9.59 Å². The van der Waals surface area contributed by atoms with E-state index >= 15 is 0 Å². The van der Waals surface area contributed by atoms with Gasteiger partial charge in [0.1, 0.15) is 11.8 Å². The van der Waals surface area contributed by atoms with E-state index < -0.39 is 17.9 Å². The lowest BCUT2D eigenvalue weighted by Gasteiger charge is -2.29. The SMILES string of the molecule is CC(C(=O)O)N(Cc1ccccc1)C(=O)C1CC(=O)N(Cc2ccco2)C1. The first-order chi connectivity index (χ1) is 13.0. The molecule has 7 heteroatoms. The highest BCUT2D eigenvalue weighted by molar-refractivity contribution is 5.91. The van der Waals surface area contributed by atoms with Crippen LogP contribution in [0.5, 0.6) is 0 Å². The summed E-state index contributed by atoms with van der Waals surface area (Å²) in [4.78, 5) is 39.8. The quantitative estimate of drug-likeness (QED) is 0.806. The number of carbonyl (C=O) groups is 3. The largest absolute Gasteiger partial charge is 0.480 e. The van der Waals surface area contributed by atoms with E-state index in [1.165, 1.54) is 18.1 Å². The Balaban J connectivity index is 1.73. The summed E-state index contributed by atoms with van der Waals surface area (Å²) < 4.78 is 5.27. The number of carbonyl (C=O) groups excluding carboxylic acids is 2. The van der Waals surface area contributed by atoms with Gasteiger partial charge < -0.3 is 19.3 Å². The number of amides is 2. The zero-order chi connectivity index (χ0) is 19.4. The predicted molar refractivity (Wildman–Crippen MR) is 96.3 cm³/mol. The highest BCUT2D eigenvalue weighted by Crippen LogP contribution is 2.24. The smallest absolute Gasteiger partial charge is 0.326 e. The molecule has 0 spiro atoms. The van der Waals surface area contributed by atoms with Crippen molar-refractivity contribution in [1.82, 2.24) is 9.80 Å². The maximum atomic E-state index is 13.0. The molecule has 1 aromatic carbocycles. The normalized spacial score (nSPS) is 17.7. The monoisotopic (exact) mass is 370 g/mol. The average molecular weight is 370 g/mol. The molecule has 1 saturated heterocycles. The molecule has 1 aromatic heterocycles. The summed E-state index contributed by atoms with van der Waals surface area (Å²) in [6.07, 6.45) is 1.62. The minimum Gasteiger partial charge on any atom is -0.480 e. The third-order valence-corrected chi connectivity index (χ3v) is 4.79. The summed E-state index contributed by atoms with van der Waals surface area (Å²) in [6, 6.07) is 11.8. The van der Waals surface area contributed by atoms with E-state index in [9.17, 15) is 19.5 Å². The van der Waals surface area contributed by atoms with Crippen molar-refractivity contribution < 1.29 is 23.9 Å². The molecule has 2 unspecified atom stereocenters. The summed E-state index contributed by atoms with van der Waals surface area (Å²) in [6.45, 7) is 2.25. The van der Waals surface area contributed by atoms with Crippen molar-refractivity contribution in [3.05, 3.63) is 60.1 Å². The minimum absolute atomic E-state index is 0.0805. The van der Waals surface area contributed by atoms with Crippen LogP contribution in [0, 0.1) is 5.92 Å². The molecule has 7 nitrogen and oxygen atoms in total. The molecule has 1 aliphatic heterocycles. The Kier molecular flexibility index (Phi) is 5.59. The second-order valence-electron chi connectivity index (χ2n) is 6.72. The lowest BCUT2D eigenvalue weighted by molar-refractivity contribution is -0.151. The fraction of sp³-hybridized carbons (Fsp3) is 0.350. The van der Waals surface area contributed by atoms with E-state index in [0.717, 1.165) is 5.56 Å². The summed E-state index contributed by atoms with van der Waals surface area (Å²) in [5.41, 5.74) is 0.843. The second kappa shape index (κ2) is 8.07. The molecule has 2 atom stereocenters. The van der Waals surface area contributed by atoms with Crippen molar-refractivity contribution in [3.63, 3.8) is 0 Å². The van der Waals surface area contributed by atoms with Crippen LogP contribution in [0.1, 0.15) is 24.7 Å². The number of hydrogen-bond donors (Lipinski definition) is 1. The zero-order valence-electron chi connectivity index (χ0n) is 15.1. The third-order valence-electron chi connectivity index (χ3n) is 4.79. The first kappa shape index (κ1) is 18.7. The topological polar surface area (TPSA) is 91.1 Å². The van der Waals surface area contributed by atoms with Gasteiger partial charge in [-0.1, -0.05) is 30.3 Å². The van der Waals surface area contributed by atoms with Crippen LogP contribution >= 0.6 is 0 Å². The summed E-state index contributed by atoms with van der Waals surface area (Å²) in [5, 5.41) is 9.41. The summed E-state index contributed by atoms with van der Waals surface area (Å²) in [7, 11) is 0.